The summed E-state index contributed by atoms with van der Waals surface area (Å²) in [5.74, 6) is 0.783. The molecule has 5 rings (SSSR count). The summed E-state index contributed by atoms with van der Waals surface area (Å²) in [6, 6.07) is 19.9. The number of amides is 2. The molecule has 2 amide bonds. The molecule has 0 bridgehead atoms. The van der Waals surface area contributed by atoms with Crippen LogP contribution in [0.3, 0.4) is 0 Å². The number of hydrogen-bond acceptors (Lipinski definition) is 3. The summed E-state index contributed by atoms with van der Waals surface area (Å²) in [7, 11) is 0. The molecule has 0 spiro atoms. The third kappa shape index (κ3) is 4.56. The topological polar surface area (TPSA) is 53.5 Å². The van der Waals surface area contributed by atoms with Crippen molar-refractivity contribution in [3.63, 3.8) is 0 Å². The van der Waals surface area contributed by atoms with E-state index >= 15 is 0 Å². The number of pyridine rings is 1. The van der Waals surface area contributed by atoms with E-state index in [0.29, 0.717) is 19.0 Å². The number of nitrogens with zero attached hydrogens (tertiary/aromatic N) is 3. The Morgan fingerprint density at radius 1 is 0.941 bits per heavy atom. The van der Waals surface area contributed by atoms with E-state index in [2.05, 4.69) is 41.1 Å². The Kier molecular flexibility index (Phi) is 6.36. The molecule has 3 heterocycles. The van der Waals surface area contributed by atoms with E-state index in [1.54, 1.807) is 0 Å². The third-order valence-corrected chi connectivity index (χ3v) is 7.72. The van der Waals surface area contributed by atoms with Gasteiger partial charge in [-0.25, -0.2) is 0 Å². The van der Waals surface area contributed by atoms with Crippen LogP contribution in [0.4, 0.5) is 0 Å². The summed E-state index contributed by atoms with van der Waals surface area (Å²) in [4.78, 5) is 35.1. The lowest BCUT2D eigenvalue weighted by Crippen LogP contribution is -2.52. The predicted molar refractivity (Wildman–Crippen MR) is 134 cm³/mol. The van der Waals surface area contributed by atoms with Crippen molar-refractivity contribution in [1.29, 1.82) is 0 Å². The smallest absolute Gasteiger partial charge is 0.253 e. The molecule has 0 saturated carbocycles. The number of carbonyl (C=O) groups excluding carboxylic acids is 2. The first-order valence-corrected chi connectivity index (χ1v) is 12.5. The third-order valence-electron chi connectivity index (χ3n) is 7.72. The van der Waals surface area contributed by atoms with Gasteiger partial charge in [-0.05, 0) is 61.8 Å². The van der Waals surface area contributed by atoms with Gasteiger partial charge in [0.2, 0.25) is 5.91 Å². The fraction of sp³-hybridized carbons (Fsp3) is 0.414. The molecule has 0 radical (unpaired) electrons. The zero-order chi connectivity index (χ0) is 23.5. The molecule has 3 aromatic rings. The molecule has 2 aliphatic heterocycles. The molecule has 2 saturated heterocycles. The molecule has 0 N–H and O–H groups in total. The molecular formula is C29H33N3O2. The second-order valence-electron chi connectivity index (χ2n) is 10.2. The second-order valence-corrected chi connectivity index (χ2v) is 10.2. The van der Waals surface area contributed by atoms with Crippen molar-refractivity contribution in [1.82, 2.24) is 14.8 Å². The number of piperidine rings is 2. The highest BCUT2D eigenvalue weighted by atomic mass is 16.2. The number of hydrogen-bond donors (Lipinski definition) is 0. The standard InChI is InChI=1S/C29H33N3O2/c1-29(14-18-31(19-15-29)27(33)24-9-3-2-4-10-24)28(34)32-17-7-8-22(21-32)20-25-12-5-11-23-13-6-16-30-26(23)25/h2-6,9-13,16,22H,7-8,14-15,17-21H2,1H3/t22-/m1/s1. The van der Waals surface area contributed by atoms with E-state index in [1.807, 2.05) is 47.5 Å². The molecule has 34 heavy (non-hydrogen) atoms. The van der Waals surface area contributed by atoms with Crippen LogP contribution in [0.25, 0.3) is 10.9 Å². The molecule has 0 unspecified atom stereocenters. The molecule has 1 aromatic heterocycles. The minimum Gasteiger partial charge on any atom is -0.342 e. The number of fused-ring (bicyclic) bond motifs is 1. The molecule has 2 aliphatic rings. The highest BCUT2D eigenvalue weighted by Gasteiger charge is 2.41. The van der Waals surface area contributed by atoms with Crippen molar-refractivity contribution in [3.05, 3.63) is 78.0 Å². The van der Waals surface area contributed by atoms with Crippen molar-refractivity contribution in [2.45, 2.75) is 39.0 Å². The monoisotopic (exact) mass is 455 g/mol. The van der Waals surface area contributed by atoms with Crippen LogP contribution in [0.2, 0.25) is 0 Å². The number of rotatable bonds is 4. The minimum atomic E-state index is -0.393. The van der Waals surface area contributed by atoms with Crippen LogP contribution in [0.15, 0.2) is 66.9 Å². The number of carbonyl (C=O) groups is 2. The molecule has 2 fully saturated rings. The van der Waals surface area contributed by atoms with Gasteiger partial charge in [0.25, 0.3) is 5.91 Å². The number of benzene rings is 2. The van der Waals surface area contributed by atoms with Crippen molar-refractivity contribution in [2.24, 2.45) is 11.3 Å². The van der Waals surface area contributed by atoms with Crippen molar-refractivity contribution >= 4 is 22.7 Å². The lowest BCUT2D eigenvalue weighted by Gasteiger charge is -2.43. The van der Waals surface area contributed by atoms with Gasteiger partial charge in [-0.2, -0.15) is 0 Å². The molecule has 176 valence electrons. The van der Waals surface area contributed by atoms with Gasteiger partial charge >= 0.3 is 0 Å². The van der Waals surface area contributed by atoms with Gasteiger partial charge < -0.3 is 9.80 Å². The largest absolute Gasteiger partial charge is 0.342 e. The molecule has 5 heteroatoms. The van der Waals surface area contributed by atoms with Crippen molar-refractivity contribution < 1.29 is 9.59 Å². The fourth-order valence-corrected chi connectivity index (χ4v) is 5.62. The Bertz CT molecular complexity index is 1160. The predicted octanol–water partition coefficient (Wildman–Crippen LogP) is 4.96. The Balaban J connectivity index is 1.22. The lowest BCUT2D eigenvalue weighted by atomic mass is 9.78. The van der Waals surface area contributed by atoms with E-state index in [1.165, 1.54) is 10.9 Å². The van der Waals surface area contributed by atoms with Gasteiger partial charge in [0.15, 0.2) is 0 Å². The maximum Gasteiger partial charge on any atom is 0.253 e. The Labute approximate surface area is 201 Å². The first kappa shape index (κ1) is 22.6. The van der Waals surface area contributed by atoms with E-state index in [-0.39, 0.29) is 11.8 Å². The number of aromatic nitrogens is 1. The van der Waals surface area contributed by atoms with Crippen LogP contribution in [0, 0.1) is 11.3 Å². The fourth-order valence-electron chi connectivity index (χ4n) is 5.62. The molecule has 0 aliphatic carbocycles. The van der Waals surface area contributed by atoms with E-state index in [0.717, 1.165) is 56.3 Å². The molecule has 1 atom stereocenters. The maximum atomic E-state index is 13.6. The first-order chi connectivity index (χ1) is 16.5. The highest BCUT2D eigenvalue weighted by molar-refractivity contribution is 5.94. The summed E-state index contributed by atoms with van der Waals surface area (Å²) in [5.41, 5.74) is 2.68. The number of likely N-dealkylation sites (tertiary alicyclic amines) is 2. The zero-order valence-corrected chi connectivity index (χ0v) is 20.0. The van der Waals surface area contributed by atoms with Crippen LogP contribution < -0.4 is 0 Å². The van der Waals surface area contributed by atoms with Crippen LogP contribution in [0.1, 0.15) is 48.5 Å². The average Bonchev–Trinajstić information content (AvgIpc) is 2.89. The van der Waals surface area contributed by atoms with E-state index in [4.69, 9.17) is 0 Å². The lowest BCUT2D eigenvalue weighted by molar-refractivity contribution is -0.145. The van der Waals surface area contributed by atoms with E-state index < -0.39 is 5.41 Å². The summed E-state index contributed by atoms with van der Waals surface area (Å²) < 4.78 is 0. The Morgan fingerprint density at radius 2 is 1.71 bits per heavy atom. The van der Waals surface area contributed by atoms with Crippen LogP contribution in [-0.2, 0) is 11.2 Å². The van der Waals surface area contributed by atoms with Gasteiger partial charge in [0.1, 0.15) is 0 Å². The van der Waals surface area contributed by atoms with Crippen LogP contribution in [-0.4, -0.2) is 52.8 Å². The quantitative estimate of drug-likeness (QED) is 0.559. The molecule has 2 aromatic carbocycles. The molecule has 5 nitrogen and oxygen atoms in total. The Morgan fingerprint density at radius 3 is 2.50 bits per heavy atom. The average molecular weight is 456 g/mol. The second kappa shape index (κ2) is 9.57. The van der Waals surface area contributed by atoms with Crippen LogP contribution in [0.5, 0.6) is 0 Å². The normalized spacial score (nSPS) is 20.3. The summed E-state index contributed by atoms with van der Waals surface area (Å²) in [6.07, 6.45) is 6.44. The van der Waals surface area contributed by atoms with Crippen LogP contribution >= 0.6 is 0 Å². The van der Waals surface area contributed by atoms with Gasteiger partial charge in [0.05, 0.1) is 5.52 Å². The van der Waals surface area contributed by atoms with Gasteiger partial charge in [-0.3, -0.25) is 14.6 Å². The first-order valence-electron chi connectivity index (χ1n) is 12.5. The zero-order valence-electron chi connectivity index (χ0n) is 20.0. The maximum absolute atomic E-state index is 13.6. The van der Waals surface area contributed by atoms with Gasteiger partial charge in [-0.15, -0.1) is 0 Å². The number of para-hydroxylation sites is 1. The highest BCUT2D eigenvalue weighted by Crippen LogP contribution is 2.35. The molecular weight excluding hydrogens is 422 g/mol. The van der Waals surface area contributed by atoms with Gasteiger partial charge in [0, 0.05) is 48.7 Å². The van der Waals surface area contributed by atoms with Crippen molar-refractivity contribution in [3.8, 4) is 0 Å². The summed E-state index contributed by atoms with van der Waals surface area (Å²) in [6.45, 7) is 5.01. The van der Waals surface area contributed by atoms with Crippen molar-refractivity contribution in [2.75, 3.05) is 26.2 Å². The Hall–Kier alpha value is -3.21. The SMILES string of the molecule is CC1(C(=O)N2CCC[C@H](Cc3cccc4cccnc34)C2)CCN(C(=O)c2ccccc2)CC1. The summed E-state index contributed by atoms with van der Waals surface area (Å²) in [5, 5.41) is 1.17. The van der Waals surface area contributed by atoms with Gasteiger partial charge in [-0.1, -0.05) is 49.4 Å². The minimum absolute atomic E-state index is 0.0665. The van der Waals surface area contributed by atoms with E-state index in [9.17, 15) is 9.59 Å². The summed E-state index contributed by atoms with van der Waals surface area (Å²) >= 11 is 0.